The third-order valence-electron chi connectivity index (χ3n) is 8.83. The molecule has 10 nitrogen and oxygen atoms in total. The molecule has 11 heteroatoms. The Morgan fingerprint density at radius 1 is 1.05 bits per heavy atom. The Kier molecular flexibility index (Phi) is 7.35. The number of rotatable bonds is 8. The maximum Gasteiger partial charge on any atom is 0.354 e. The summed E-state index contributed by atoms with van der Waals surface area (Å²) < 4.78 is 29.0. The van der Waals surface area contributed by atoms with E-state index in [-0.39, 0.29) is 23.3 Å². The van der Waals surface area contributed by atoms with Gasteiger partial charge in [-0.2, -0.15) is 0 Å². The Morgan fingerprint density at radius 2 is 1.86 bits per heavy atom. The topological polar surface area (TPSA) is 133 Å². The number of carbonyl (C=O) groups excluding carboxylic acids is 1. The molecule has 226 valence electrons. The fraction of sp³-hybridized carbons (Fsp3) is 0.333. The number of piperidine rings is 1. The molecule has 3 aliphatic heterocycles. The van der Waals surface area contributed by atoms with E-state index in [4.69, 9.17) is 20.2 Å². The van der Waals surface area contributed by atoms with Gasteiger partial charge in [0.2, 0.25) is 5.91 Å². The number of nitrogens with zero attached hydrogens (tertiary/aromatic N) is 4. The summed E-state index contributed by atoms with van der Waals surface area (Å²) in [6, 6.07) is 13.5. The number of pyridine rings is 1. The molecule has 0 aliphatic carbocycles. The predicted molar refractivity (Wildman–Crippen MR) is 160 cm³/mol. The smallest absolute Gasteiger partial charge is 0.354 e. The largest absolute Gasteiger partial charge is 0.481 e. The van der Waals surface area contributed by atoms with Crippen LogP contribution in [0.2, 0.25) is 0 Å². The lowest BCUT2D eigenvalue weighted by Crippen LogP contribution is -2.35. The monoisotopic (exact) mass is 597 g/mol. The Bertz CT molecular complexity index is 1790. The maximum atomic E-state index is 14.9. The number of ether oxygens (including phenoxy) is 2. The molecule has 2 fully saturated rings. The number of fused-ring (bicyclic) bond motifs is 2. The van der Waals surface area contributed by atoms with Gasteiger partial charge < -0.3 is 24.9 Å². The molecule has 0 spiro atoms. The Morgan fingerprint density at radius 3 is 2.57 bits per heavy atom. The van der Waals surface area contributed by atoms with Crippen LogP contribution in [0.3, 0.4) is 0 Å². The van der Waals surface area contributed by atoms with Gasteiger partial charge in [-0.25, -0.2) is 19.2 Å². The first-order chi connectivity index (χ1) is 21.3. The number of nitrogens with two attached hydrogens (primary N) is 1. The van der Waals surface area contributed by atoms with Crippen LogP contribution in [0.5, 0.6) is 5.75 Å². The van der Waals surface area contributed by atoms with E-state index in [0.29, 0.717) is 29.8 Å². The number of primary amides is 1. The summed E-state index contributed by atoms with van der Waals surface area (Å²) in [5, 5.41) is 9.48. The van der Waals surface area contributed by atoms with E-state index < -0.39 is 23.8 Å². The number of aromatic nitrogens is 3. The van der Waals surface area contributed by atoms with Gasteiger partial charge in [0.05, 0.1) is 19.2 Å². The second-order valence-corrected chi connectivity index (χ2v) is 11.6. The van der Waals surface area contributed by atoms with Gasteiger partial charge in [-0.05, 0) is 74.2 Å². The molecule has 44 heavy (non-hydrogen) atoms. The Balaban J connectivity index is 1.07. The van der Waals surface area contributed by atoms with Gasteiger partial charge in [-0.3, -0.25) is 9.69 Å². The molecule has 0 radical (unpaired) electrons. The van der Waals surface area contributed by atoms with Crippen molar-refractivity contribution in [2.24, 2.45) is 5.73 Å². The molecule has 2 atom stereocenters. The lowest BCUT2D eigenvalue weighted by atomic mass is 9.87. The van der Waals surface area contributed by atoms with Crippen molar-refractivity contribution in [3.05, 3.63) is 94.2 Å². The molecule has 5 heterocycles. The summed E-state index contributed by atoms with van der Waals surface area (Å²) in [4.78, 5) is 34.7. The third kappa shape index (κ3) is 5.33. The number of para-hydroxylation sites is 1. The quantitative estimate of drug-likeness (QED) is 0.299. The van der Waals surface area contributed by atoms with Crippen LogP contribution in [0.25, 0.3) is 17.2 Å². The van der Waals surface area contributed by atoms with Crippen molar-refractivity contribution in [3.63, 3.8) is 0 Å². The first-order valence-corrected chi connectivity index (χ1v) is 14.8. The molecule has 3 aliphatic rings. The molecule has 2 saturated heterocycles. The second-order valence-electron chi connectivity index (χ2n) is 11.6. The van der Waals surface area contributed by atoms with Crippen molar-refractivity contribution in [1.29, 1.82) is 0 Å². The predicted octanol–water partition coefficient (Wildman–Crippen LogP) is 4.68. The van der Waals surface area contributed by atoms with E-state index in [2.05, 4.69) is 16.0 Å². The number of carboxylic acids is 1. The highest BCUT2D eigenvalue weighted by Crippen LogP contribution is 2.42. The van der Waals surface area contributed by atoms with E-state index in [1.165, 1.54) is 12.1 Å². The summed E-state index contributed by atoms with van der Waals surface area (Å²) in [6.07, 6.45) is 6.01. The normalized spacial score (nSPS) is 20.2. The van der Waals surface area contributed by atoms with Crippen molar-refractivity contribution in [2.75, 3.05) is 19.7 Å². The maximum absolute atomic E-state index is 14.9. The minimum absolute atomic E-state index is 0.00329. The van der Waals surface area contributed by atoms with Crippen molar-refractivity contribution in [1.82, 2.24) is 19.4 Å². The minimum atomic E-state index is -1.07. The summed E-state index contributed by atoms with van der Waals surface area (Å²) in [7, 11) is 0. The lowest BCUT2D eigenvalue weighted by molar-refractivity contribution is -0.0593. The average Bonchev–Trinajstić information content (AvgIpc) is 3.34. The van der Waals surface area contributed by atoms with Crippen LogP contribution in [-0.4, -0.2) is 62.2 Å². The standard InChI is InChI=1S/C33H32FN5O5/c34-25-16-21(31(35)40)4-6-24(25)28-9-5-20-2-1-3-23(30(20)44-28)19-10-13-38(14-11-19)18-29-36-26-7-8-27(33(41)42)37-32(26)39(29)17-22-12-15-43-22/h1-9,16,19,22,28H,10-15,17-18H2,(H2,35,40)(H,41,42)/t22-,28-/m0/s1. The SMILES string of the molecule is NC(=O)c1ccc([C@@H]2C=Cc3cccc(C4CCN(Cc5nc6ccc(C(=O)O)nc6n5C[C@@H]5CCO5)CC4)c3O2)c(F)c1. The fourth-order valence-corrected chi connectivity index (χ4v) is 6.31. The number of aromatic carboxylic acids is 1. The Hall–Kier alpha value is -4.61. The number of carboxylic acid groups (broad SMARTS) is 1. The minimum Gasteiger partial charge on any atom is -0.481 e. The van der Waals surface area contributed by atoms with Crippen molar-refractivity contribution in [3.8, 4) is 5.75 Å². The van der Waals surface area contributed by atoms with Crippen LogP contribution in [0, 0.1) is 5.82 Å². The molecule has 1 amide bonds. The number of hydrogen-bond acceptors (Lipinski definition) is 7. The molecule has 0 unspecified atom stereocenters. The van der Waals surface area contributed by atoms with Gasteiger partial charge in [0, 0.05) is 23.3 Å². The van der Waals surface area contributed by atoms with Gasteiger partial charge in [-0.15, -0.1) is 0 Å². The summed E-state index contributed by atoms with van der Waals surface area (Å²) in [5.41, 5.74) is 9.08. The van der Waals surface area contributed by atoms with Crippen molar-refractivity contribution < 1.29 is 28.6 Å². The molecule has 2 aromatic carbocycles. The van der Waals surface area contributed by atoms with Crippen LogP contribution in [-0.2, 0) is 17.8 Å². The molecule has 2 aromatic heterocycles. The first-order valence-electron chi connectivity index (χ1n) is 14.8. The van der Waals surface area contributed by atoms with E-state index in [9.17, 15) is 19.1 Å². The van der Waals surface area contributed by atoms with Gasteiger partial charge in [0.25, 0.3) is 0 Å². The summed E-state index contributed by atoms with van der Waals surface area (Å²) >= 11 is 0. The van der Waals surface area contributed by atoms with E-state index in [1.807, 2.05) is 28.9 Å². The molecule has 3 N–H and O–H groups in total. The molecule has 0 bridgehead atoms. The zero-order chi connectivity index (χ0) is 30.4. The number of halogens is 1. The summed E-state index contributed by atoms with van der Waals surface area (Å²) in [6.45, 7) is 3.62. The molecule has 7 rings (SSSR count). The Labute approximate surface area is 252 Å². The van der Waals surface area contributed by atoms with Gasteiger partial charge in [0.1, 0.15) is 29.0 Å². The number of carbonyl (C=O) groups is 2. The van der Waals surface area contributed by atoms with Crippen LogP contribution in [0.15, 0.2) is 54.6 Å². The zero-order valence-electron chi connectivity index (χ0n) is 24.0. The molecular formula is C33H32FN5O5. The van der Waals surface area contributed by atoms with E-state index in [0.717, 1.165) is 67.7 Å². The van der Waals surface area contributed by atoms with Crippen LogP contribution < -0.4 is 10.5 Å². The first kappa shape index (κ1) is 28.2. The lowest BCUT2D eigenvalue weighted by Gasteiger charge is -2.34. The fourth-order valence-electron chi connectivity index (χ4n) is 6.31. The van der Waals surface area contributed by atoms with Crippen LogP contribution in [0.1, 0.15) is 74.6 Å². The summed E-state index contributed by atoms with van der Waals surface area (Å²) in [5.74, 6) is -0.403. The number of hydrogen-bond donors (Lipinski definition) is 2. The van der Waals surface area contributed by atoms with Crippen LogP contribution >= 0.6 is 0 Å². The number of amides is 1. The van der Waals surface area contributed by atoms with Gasteiger partial charge in [0.15, 0.2) is 11.3 Å². The zero-order valence-corrected chi connectivity index (χ0v) is 24.0. The van der Waals surface area contributed by atoms with E-state index >= 15 is 0 Å². The number of imidazole rings is 1. The van der Waals surface area contributed by atoms with Crippen molar-refractivity contribution in [2.45, 2.75) is 50.5 Å². The highest BCUT2D eigenvalue weighted by molar-refractivity contribution is 5.92. The molecule has 0 saturated carbocycles. The second kappa shape index (κ2) is 11.5. The highest BCUT2D eigenvalue weighted by Gasteiger charge is 2.29. The van der Waals surface area contributed by atoms with Gasteiger partial charge >= 0.3 is 5.97 Å². The molecule has 4 aromatic rings. The average molecular weight is 598 g/mol. The van der Waals surface area contributed by atoms with E-state index in [1.54, 1.807) is 12.1 Å². The number of benzene rings is 2. The third-order valence-corrected chi connectivity index (χ3v) is 8.83. The molecular weight excluding hydrogens is 565 g/mol. The van der Waals surface area contributed by atoms with Crippen molar-refractivity contribution >= 4 is 29.1 Å². The highest BCUT2D eigenvalue weighted by atomic mass is 19.1. The van der Waals surface area contributed by atoms with Gasteiger partial charge in [-0.1, -0.05) is 30.3 Å². The number of likely N-dealkylation sites (tertiary alicyclic amines) is 1. The van der Waals surface area contributed by atoms with Crippen LogP contribution in [0.4, 0.5) is 4.39 Å².